The van der Waals surface area contributed by atoms with Gasteiger partial charge in [-0.25, -0.2) is 5.43 Å². The molecule has 0 aliphatic carbocycles. The average Bonchev–Trinajstić information content (AvgIpc) is 3.16. The molecule has 0 bridgehead atoms. The average molecular weight is 286 g/mol. The Hall–Kier alpha value is -1.62. The van der Waals surface area contributed by atoms with E-state index >= 15 is 0 Å². The van der Waals surface area contributed by atoms with Gasteiger partial charge in [0.15, 0.2) is 0 Å². The molecule has 3 nitrogen and oxygen atoms in total. The van der Waals surface area contributed by atoms with Crippen molar-refractivity contribution in [3.63, 3.8) is 0 Å². The lowest BCUT2D eigenvalue weighted by atomic mass is 10.1. The van der Waals surface area contributed by atoms with E-state index in [0.29, 0.717) is 6.61 Å². The molecule has 2 N–H and O–H groups in total. The zero-order valence-corrected chi connectivity index (χ0v) is 12.2. The highest BCUT2D eigenvalue weighted by Gasteiger charge is 2.17. The number of hydrazine groups is 1. The number of rotatable bonds is 5. The van der Waals surface area contributed by atoms with Crippen LogP contribution < -0.4 is 10.9 Å². The molecule has 1 atom stereocenters. The molecule has 1 aromatic heterocycles. The van der Waals surface area contributed by atoms with Crippen molar-refractivity contribution in [2.45, 2.75) is 19.6 Å². The first-order valence-electron chi connectivity index (χ1n) is 6.80. The Morgan fingerprint density at radius 1 is 1.20 bits per heavy atom. The van der Waals surface area contributed by atoms with Gasteiger partial charge >= 0.3 is 0 Å². The summed E-state index contributed by atoms with van der Waals surface area (Å²) in [6.45, 7) is 3.45. The second-order valence-electron chi connectivity index (χ2n) is 4.68. The van der Waals surface area contributed by atoms with Crippen LogP contribution in [0.25, 0.3) is 5.70 Å². The van der Waals surface area contributed by atoms with Gasteiger partial charge in [-0.3, -0.25) is 0 Å². The number of ether oxygens (including phenoxy) is 1. The monoisotopic (exact) mass is 286 g/mol. The highest BCUT2D eigenvalue weighted by atomic mass is 32.1. The SMILES string of the molecule is CCOCc1ccc(C2C=C(c3cccs3)NN2)cc1. The van der Waals surface area contributed by atoms with Gasteiger partial charge in [0.2, 0.25) is 0 Å². The van der Waals surface area contributed by atoms with Crippen LogP contribution in [0.4, 0.5) is 0 Å². The lowest BCUT2D eigenvalue weighted by molar-refractivity contribution is 0.134. The van der Waals surface area contributed by atoms with Gasteiger partial charge in [-0.2, -0.15) is 0 Å². The highest BCUT2D eigenvalue weighted by molar-refractivity contribution is 7.11. The molecule has 0 saturated heterocycles. The van der Waals surface area contributed by atoms with Crippen molar-refractivity contribution in [1.29, 1.82) is 0 Å². The Labute approximate surface area is 123 Å². The molecule has 1 aliphatic rings. The Kier molecular flexibility index (Phi) is 4.16. The predicted molar refractivity (Wildman–Crippen MR) is 83.1 cm³/mol. The summed E-state index contributed by atoms with van der Waals surface area (Å²) in [5, 5.41) is 2.09. The molecule has 3 rings (SSSR count). The Morgan fingerprint density at radius 2 is 2.05 bits per heavy atom. The number of nitrogens with one attached hydrogen (secondary N) is 2. The van der Waals surface area contributed by atoms with E-state index in [0.717, 1.165) is 12.3 Å². The molecular weight excluding hydrogens is 268 g/mol. The summed E-state index contributed by atoms with van der Waals surface area (Å²) in [6, 6.07) is 13.0. The van der Waals surface area contributed by atoms with Gasteiger partial charge < -0.3 is 10.2 Å². The Bertz CT molecular complexity index is 575. The normalized spacial score (nSPS) is 17.9. The zero-order valence-electron chi connectivity index (χ0n) is 11.4. The van der Waals surface area contributed by atoms with Crippen molar-refractivity contribution in [3.8, 4) is 0 Å². The second-order valence-corrected chi connectivity index (χ2v) is 5.63. The zero-order chi connectivity index (χ0) is 13.8. The molecular formula is C16H18N2OS. The van der Waals surface area contributed by atoms with Crippen LogP contribution in [0.15, 0.2) is 47.9 Å². The smallest absolute Gasteiger partial charge is 0.0716 e. The molecule has 0 fully saturated rings. The van der Waals surface area contributed by atoms with Crippen LogP contribution in [-0.4, -0.2) is 6.61 Å². The van der Waals surface area contributed by atoms with E-state index < -0.39 is 0 Å². The van der Waals surface area contributed by atoms with Crippen molar-refractivity contribution in [2.75, 3.05) is 6.61 Å². The van der Waals surface area contributed by atoms with Crippen molar-refractivity contribution in [1.82, 2.24) is 10.9 Å². The lowest BCUT2D eigenvalue weighted by Gasteiger charge is -2.10. The van der Waals surface area contributed by atoms with E-state index in [4.69, 9.17) is 4.74 Å². The maximum atomic E-state index is 5.41. The Balaban J connectivity index is 1.71. The van der Waals surface area contributed by atoms with Gasteiger partial charge in [-0.05, 0) is 35.6 Å². The molecule has 0 amide bonds. The third-order valence-corrected chi connectivity index (χ3v) is 4.20. The van der Waals surface area contributed by atoms with E-state index in [1.54, 1.807) is 11.3 Å². The Morgan fingerprint density at radius 3 is 2.75 bits per heavy atom. The molecule has 1 aliphatic heterocycles. The maximum Gasteiger partial charge on any atom is 0.0716 e. The number of benzene rings is 1. The number of thiophene rings is 1. The molecule has 20 heavy (non-hydrogen) atoms. The van der Waals surface area contributed by atoms with Crippen molar-refractivity contribution < 1.29 is 4.74 Å². The van der Waals surface area contributed by atoms with Gasteiger partial charge in [0.05, 0.1) is 23.2 Å². The molecule has 104 valence electrons. The first-order valence-corrected chi connectivity index (χ1v) is 7.68. The summed E-state index contributed by atoms with van der Waals surface area (Å²) in [6.07, 6.45) is 2.23. The van der Waals surface area contributed by atoms with Crippen LogP contribution >= 0.6 is 11.3 Å². The minimum absolute atomic E-state index is 0.216. The summed E-state index contributed by atoms with van der Waals surface area (Å²) in [4.78, 5) is 1.26. The largest absolute Gasteiger partial charge is 0.377 e. The molecule has 0 radical (unpaired) electrons. The first kappa shape index (κ1) is 13.4. The molecule has 4 heteroatoms. The minimum atomic E-state index is 0.216. The van der Waals surface area contributed by atoms with Gasteiger partial charge in [-0.15, -0.1) is 11.3 Å². The maximum absolute atomic E-state index is 5.41. The van der Waals surface area contributed by atoms with Gasteiger partial charge in [0.1, 0.15) is 0 Å². The second kappa shape index (κ2) is 6.22. The first-order chi connectivity index (χ1) is 9.86. The fourth-order valence-corrected chi connectivity index (χ4v) is 2.91. The number of hydrogen-bond acceptors (Lipinski definition) is 4. The van der Waals surface area contributed by atoms with Crippen molar-refractivity contribution >= 4 is 17.0 Å². The third kappa shape index (κ3) is 2.93. The summed E-state index contributed by atoms with van der Waals surface area (Å²) in [7, 11) is 0. The molecule has 1 unspecified atom stereocenters. The standard InChI is InChI=1S/C16H18N2OS/c1-2-19-11-12-5-7-13(8-6-12)14-10-15(18-17-14)16-4-3-9-20-16/h3-10,14,17-18H,2,11H2,1H3. The fourth-order valence-electron chi connectivity index (χ4n) is 2.20. The lowest BCUT2D eigenvalue weighted by Crippen LogP contribution is -2.26. The van der Waals surface area contributed by atoms with Crippen LogP contribution in [0.2, 0.25) is 0 Å². The third-order valence-electron chi connectivity index (χ3n) is 3.29. The summed E-state index contributed by atoms with van der Waals surface area (Å²) < 4.78 is 5.41. The van der Waals surface area contributed by atoms with Gasteiger partial charge in [-0.1, -0.05) is 30.3 Å². The topological polar surface area (TPSA) is 33.3 Å². The van der Waals surface area contributed by atoms with E-state index in [1.807, 2.05) is 6.92 Å². The van der Waals surface area contributed by atoms with Gasteiger partial charge in [0, 0.05) is 6.61 Å². The van der Waals surface area contributed by atoms with Crippen LogP contribution in [0.1, 0.15) is 29.0 Å². The summed E-state index contributed by atoms with van der Waals surface area (Å²) in [5.41, 5.74) is 10.2. The van der Waals surface area contributed by atoms with Crippen molar-refractivity contribution in [2.24, 2.45) is 0 Å². The summed E-state index contributed by atoms with van der Waals surface area (Å²) in [5.74, 6) is 0. The molecule has 2 heterocycles. The van der Waals surface area contributed by atoms with Crippen molar-refractivity contribution in [3.05, 3.63) is 63.9 Å². The van der Waals surface area contributed by atoms with E-state index in [-0.39, 0.29) is 6.04 Å². The van der Waals surface area contributed by atoms with E-state index in [2.05, 4.69) is 58.7 Å². The predicted octanol–water partition coefficient (Wildman–Crippen LogP) is 3.47. The van der Waals surface area contributed by atoms with Crippen LogP contribution in [-0.2, 0) is 11.3 Å². The van der Waals surface area contributed by atoms with E-state index in [9.17, 15) is 0 Å². The quantitative estimate of drug-likeness (QED) is 0.883. The molecule has 0 saturated carbocycles. The minimum Gasteiger partial charge on any atom is -0.377 e. The molecule has 1 aromatic carbocycles. The molecule has 0 spiro atoms. The number of hydrogen-bond donors (Lipinski definition) is 2. The van der Waals surface area contributed by atoms with E-state index in [1.165, 1.54) is 16.0 Å². The van der Waals surface area contributed by atoms with Crippen LogP contribution in [0, 0.1) is 0 Å². The van der Waals surface area contributed by atoms with Crippen LogP contribution in [0.5, 0.6) is 0 Å². The highest BCUT2D eigenvalue weighted by Crippen LogP contribution is 2.26. The van der Waals surface area contributed by atoms with Gasteiger partial charge in [0.25, 0.3) is 0 Å². The van der Waals surface area contributed by atoms with Crippen LogP contribution in [0.3, 0.4) is 0 Å². The molecule has 2 aromatic rings. The summed E-state index contributed by atoms with van der Waals surface area (Å²) >= 11 is 1.74. The fraction of sp³-hybridized carbons (Fsp3) is 0.250.